The lowest BCUT2D eigenvalue weighted by atomic mass is 10.2. The molecule has 0 aliphatic heterocycles. The molecule has 1 N–H and O–H groups in total. The van der Waals surface area contributed by atoms with Gasteiger partial charge in [-0.15, -0.1) is 0 Å². The van der Waals surface area contributed by atoms with Gasteiger partial charge in [-0.2, -0.15) is 0 Å². The maximum Gasteiger partial charge on any atom is 0.0776 e. The van der Waals surface area contributed by atoms with Crippen LogP contribution in [0, 0.1) is 6.92 Å². The predicted octanol–water partition coefficient (Wildman–Crippen LogP) is 1.44. The van der Waals surface area contributed by atoms with Gasteiger partial charge in [0.2, 0.25) is 0 Å². The molecule has 0 aliphatic carbocycles. The van der Waals surface area contributed by atoms with Gasteiger partial charge in [-0.3, -0.25) is 4.98 Å². The minimum absolute atomic E-state index is 0.409. The van der Waals surface area contributed by atoms with E-state index in [9.17, 15) is 0 Å². The Morgan fingerprint density at radius 1 is 1.50 bits per heavy atom. The fraction of sp³-hybridized carbons (Fsp3) is 0.375. The Kier molecular flexibility index (Phi) is 2.02. The molecule has 0 bridgehead atoms. The molecular formula is C8H11NO. The summed E-state index contributed by atoms with van der Waals surface area (Å²) in [5.74, 6) is 0. The maximum absolute atomic E-state index is 9.07. The summed E-state index contributed by atoms with van der Waals surface area (Å²) in [6, 6.07) is 3.77. The molecule has 0 saturated carbocycles. The Hall–Kier alpha value is -0.890. The van der Waals surface area contributed by atoms with Crippen LogP contribution in [0.4, 0.5) is 0 Å². The van der Waals surface area contributed by atoms with Crippen LogP contribution in [0.15, 0.2) is 18.3 Å². The van der Waals surface area contributed by atoms with Crippen molar-refractivity contribution >= 4 is 0 Å². The van der Waals surface area contributed by atoms with Crippen LogP contribution in [0.5, 0.6) is 0 Å². The van der Waals surface area contributed by atoms with E-state index in [1.165, 1.54) is 0 Å². The summed E-state index contributed by atoms with van der Waals surface area (Å²) in [6.07, 6.45) is 1.29. The molecular weight excluding hydrogens is 126 g/mol. The molecule has 0 radical (unpaired) electrons. The van der Waals surface area contributed by atoms with Crippen molar-refractivity contribution in [2.45, 2.75) is 20.0 Å². The Morgan fingerprint density at radius 2 is 2.20 bits per heavy atom. The summed E-state index contributed by atoms with van der Waals surface area (Å²) >= 11 is 0. The van der Waals surface area contributed by atoms with E-state index < -0.39 is 6.10 Å². The van der Waals surface area contributed by atoms with Crippen molar-refractivity contribution in [3.8, 4) is 0 Å². The van der Waals surface area contributed by atoms with Gasteiger partial charge in [-0.05, 0) is 25.5 Å². The van der Waals surface area contributed by atoms with Gasteiger partial charge in [-0.25, -0.2) is 0 Å². The minimum Gasteiger partial charge on any atom is -0.389 e. The number of hydrogen-bond donors (Lipinski definition) is 1. The van der Waals surface area contributed by atoms with Crippen molar-refractivity contribution < 1.29 is 5.11 Å². The number of hydrogen-bond acceptors (Lipinski definition) is 2. The lowest BCUT2D eigenvalue weighted by Crippen LogP contribution is -1.91. The number of aromatic nitrogens is 1. The summed E-state index contributed by atoms with van der Waals surface area (Å²) in [4.78, 5) is 4.04. The lowest BCUT2D eigenvalue weighted by Gasteiger charge is -2.02. The zero-order chi connectivity index (χ0) is 7.56. The Morgan fingerprint density at radius 3 is 2.60 bits per heavy atom. The predicted molar refractivity (Wildman–Crippen MR) is 39.6 cm³/mol. The third-order valence-corrected chi connectivity index (χ3v) is 1.42. The zero-order valence-electron chi connectivity index (χ0n) is 6.20. The molecule has 0 amide bonds. The van der Waals surface area contributed by atoms with E-state index in [-0.39, 0.29) is 0 Å². The van der Waals surface area contributed by atoms with Crippen LogP contribution in [-0.4, -0.2) is 10.1 Å². The van der Waals surface area contributed by atoms with E-state index >= 15 is 0 Å². The largest absolute Gasteiger partial charge is 0.389 e. The first-order chi connectivity index (χ1) is 4.70. The number of rotatable bonds is 1. The van der Waals surface area contributed by atoms with Gasteiger partial charge in [-0.1, -0.05) is 6.07 Å². The topological polar surface area (TPSA) is 33.1 Å². The molecule has 54 valence electrons. The van der Waals surface area contributed by atoms with Gasteiger partial charge < -0.3 is 5.11 Å². The zero-order valence-corrected chi connectivity index (χ0v) is 6.20. The van der Waals surface area contributed by atoms with Crippen molar-refractivity contribution in [2.75, 3.05) is 0 Å². The third-order valence-electron chi connectivity index (χ3n) is 1.42. The van der Waals surface area contributed by atoms with Gasteiger partial charge in [0.25, 0.3) is 0 Å². The highest BCUT2D eigenvalue weighted by Crippen LogP contribution is 2.09. The van der Waals surface area contributed by atoms with Crippen molar-refractivity contribution in [2.24, 2.45) is 0 Å². The molecule has 0 spiro atoms. The third kappa shape index (κ3) is 1.54. The molecule has 1 heterocycles. The van der Waals surface area contributed by atoms with Crippen molar-refractivity contribution in [1.29, 1.82) is 0 Å². The molecule has 0 unspecified atom stereocenters. The molecule has 1 aromatic heterocycles. The monoisotopic (exact) mass is 137 g/mol. The van der Waals surface area contributed by atoms with E-state index in [4.69, 9.17) is 5.11 Å². The summed E-state index contributed by atoms with van der Waals surface area (Å²) in [6.45, 7) is 3.65. The Labute approximate surface area is 60.5 Å². The molecule has 0 saturated heterocycles. The first kappa shape index (κ1) is 7.22. The van der Waals surface area contributed by atoms with E-state index in [1.54, 1.807) is 13.1 Å². The number of pyridine rings is 1. The summed E-state index contributed by atoms with van der Waals surface area (Å²) in [5, 5.41) is 9.07. The highest BCUT2D eigenvalue weighted by Gasteiger charge is 1.98. The summed E-state index contributed by atoms with van der Waals surface area (Å²) in [7, 11) is 0. The van der Waals surface area contributed by atoms with E-state index in [0.717, 1.165) is 11.3 Å². The first-order valence-electron chi connectivity index (χ1n) is 3.31. The SMILES string of the molecule is Cc1ccc([C@@H](C)O)cn1. The maximum atomic E-state index is 9.07. The van der Waals surface area contributed by atoms with E-state index in [0.29, 0.717) is 0 Å². The molecule has 10 heavy (non-hydrogen) atoms. The number of nitrogens with zero attached hydrogens (tertiary/aromatic N) is 1. The average molecular weight is 137 g/mol. The quantitative estimate of drug-likeness (QED) is 0.635. The van der Waals surface area contributed by atoms with Gasteiger partial charge in [0.15, 0.2) is 0 Å². The second-order valence-electron chi connectivity index (χ2n) is 2.41. The Bertz CT molecular complexity index is 203. The molecule has 1 atom stereocenters. The molecule has 2 nitrogen and oxygen atoms in total. The fourth-order valence-corrected chi connectivity index (χ4v) is 0.726. The van der Waals surface area contributed by atoms with Gasteiger partial charge in [0.05, 0.1) is 6.10 Å². The van der Waals surface area contributed by atoms with Crippen molar-refractivity contribution in [1.82, 2.24) is 4.98 Å². The minimum atomic E-state index is -0.409. The standard InChI is InChI=1S/C8H11NO/c1-6-3-4-8(5-9-6)7(2)10/h3-5,7,10H,1-2H3/t7-/m1/s1. The highest BCUT2D eigenvalue weighted by molar-refractivity contribution is 5.14. The fourth-order valence-electron chi connectivity index (χ4n) is 0.726. The van der Waals surface area contributed by atoms with Gasteiger partial charge >= 0.3 is 0 Å². The van der Waals surface area contributed by atoms with Crippen molar-refractivity contribution in [3.63, 3.8) is 0 Å². The van der Waals surface area contributed by atoms with Crippen LogP contribution >= 0.6 is 0 Å². The van der Waals surface area contributed by atoms with E-state index in [1.807, 2.05) is 19.1 Å². The smallest absolute Gasteiger partial charge is 0.0776 e. The molecule has 1 rings (SSSR count). The average Bonchev–Trinajstić information content (AvgIpc) is 1.88. The number of aliphatic hydroxyl groups is 1. The van der Waals surface area contributed by atoms with Crippen LogP contribution in [-0.2, 0) is 0 Å². The molecule has 0 aliphatic rings. The van der Waals surface area contributed by atoms with Gasteiger partial charge in [0, 0.05) is 11.9 Å². The summed E-state index contributed by atoms with van der Waals surface area (Å²) in [5.41, 5.74) is 1.84. The normalized spacial score (nSPS) is 13.1. The number of aryl methyl sites for hydroxylation is 1. The van der Waals surface area contributed by atoms with E-state index in [2.05, 4.69) is 4.98 Å². The number of aliphatic hydroxyl groups excluding tert-OH is 1. The second kappa shape index (κ2) is 2.80. The van der Waals surface area contributed by atoms with Crippen LogP contribution in [0.1, 0.15) is 24.3 Å². The lowest BCUT2D eigenvalue weighted by molar-refractivity contribution is 0.199. The summed E-state index contributed by atoms with van der Waals surface area (Å²) < 4.78 is 0. The Balaban J connectivity index is 2.89. The van der Waals surface area contributed by atoms with Crippen LogP contribution in [0.2, 0.25) is 0 Å². The first-order valence-corrected chi connectivity index (χ1v) is 3.31. The second-order valence-corrected chi connectivity index (χ2v) is 2.41. The van der Waals surface area contributed by atoms with Crippen LogP contribution < -0.4 is 0 Å². The molecule has 2 heteroatoms. The molecule has 0 aromatic carbocycles. The van der Waals surface area contributed by atoms with Crippen LogP contribution in [0.25, 0.3) is 0 Å². The molecule has 1 aromatic rings. The highest BCUT2D eigenvalue weighted by atomic mass is 16.3. The van der Waals surface area contributed by atoms with Gasteiger partial charge in [0.1, 0.15) is 0 Å². The molecule has 0 fully saturated rings. The van der Waals surface area contributed by atoms with Crippen LogP contribution in [0.3, 0.4) is 0 Å². The van der Waals surface area contributed by atoms with Crippen molar-refractivity contribution in [3.05, 3.63) is 29.6 Å².